The standard InChI is InChI=1S/C23H26ClN3O2/c1-17(28)26-15-8-12-21(26)23-25-19-10-3-4-11-20(19)27(23)14-6-7-16-29-22-13-5-2-9-18(22)24/h2-5,9-11,13,21H,6-8,12,14-16H2,1H3. The molecule has 1 amide bonds. The van der Waals surface area contributed by atoms with E-state index < -0.39 is 0 Å². The number of halogens is 1. The zero-order chi connectivity index (χ0) is 20.2. The minimum absolute atomic E-state index is 0.0688. The van der Waals surface area contributed by atoms with Crippen LogP contribution in [-0.2, 0) is 11.3 Å². The molecule has 1 aromatic heterocycles. The molecule has 1 unspecified atom stereocenters. The van der Waals surface area contributed by atoms with E-state index in [1.807, 2.05) is 47.4 Å². The van der Waals surface area contributed by atoms with E-state index in [1.165, 1.54) is 0 Å². The van der Waals surface area contributed by atoms with Gasteiger partial charge in [0.2, 0.25) is 5.91 Å². The molecule has 5 nitrogen and oxygen atoms in total. The fourth-order valence-electron chi connectivity index (χ4n) is 4.11. The minimum Gasteiger partial charge on any atom is -0.492 e. The van der Waals surface area contributed by atoms with Gasteiger partial charge >= 0.3 is 0 Å². The van der Waals surface area contributed by atoms with Crippen molar-refractivity contribution < 1.29 is 9.53 Å². The number of benzene rings is 2. The molecule has 1 atom stereocenters. The van der Waals surface area contributed by atoms with Gasteiger partial charge in [0.15, 0.2) is 0 Å². The van der Waals surface area contributed by atoms with Crippen LogP contribution in [0.5, 0.6) is 5.75 Å². The maximum Gasteiger partial charge on any atom is 0.220 e. The number of rotatable bonds is 7. The average molecular weight is 412 g/mol. The lowest BCUT2D eigenvalue weighted by Crippen LogP contribution is -2.30. The normalized spacial score (nSPS) is 16.5. The van der Waals surface area contributed by atoms with Gasteiger partial charge in [-0.15, -0.1) is 0 Å². The third-order valence-electron chi connectivity index (χ3n) is 5.51. The van der Waals surface area contributed by atoms with Crippen LogP contribution < -0.4 is 4.74 Å². The average Bonchev–Trinajstić information content (AvgIpc) is 3.34. The summed E-state index contributed by atoms with van der Waals surface area (Å²) in [6, 6.07) is 15.8. The Labute approximate surface area is 176 Å². The Bertz CT molecular complexity index is 1000. The molecule has 0 bridgehead atoms. The number of aryl methyl sites for hydroxylation is 1. The summed E-state index contributed by atoms with van der Waals surface area (Å²) in [5.41, 5.74) is 2.12. The predicted octanol–water partition coefficient (Wildman–Crippen LogP) is 5.23. The Balaban J connectivity index is 1.46. The molecule has 2 heterocycles. The molecule has 1 aliphatic heterocycles. The molecule has 0 saturated carbocycles. The van der Waals surface area contributed by atoms with Crippen molar-refractivity contribution in [2.75, 3.05) is 13.2 Å². The second-order valence-corrected chi connectivity index (χ2v) is 7.87. The summed E-state index contributed by atoms with van der Waals surface area (Å²) in [7, 11) is 0. The van der Waals surface area contributed by atoms with Crippen LogP contribution in [0, 0.1) is 0 Å². The van der Waals surface area contributed by atoms with Gasteiger partial charge < -0.3 is 14.2 Å². The summed E-state index contributed by atoms with van der Waals surface area (Å²) < 4.78 is 8.10. The second-order valence-electron chi connectivity index (χ2n) is 7.47. The second kappa shape index (κ2) is 8.87. The first-order valence-corrected chi connectivity index (χ1v) is 10.6. The van der Waals surface area contributed by atoms with Crippen LogP contribution in [0.1, 0.15) is 44.5 Å². The van der Waals surface area contributed by atoms with Crippen LogP contribution in [0.25, 0.3) is 11.0 Å². The lowest BCUT2D eigenvalue weighted by Gasteiger charge is -2.24. The van der Waals surface area contributed by atoms with Crippen LogP contribution in [-0.4, -0.2) is 33.5 Å². The van der Waals surface area contributed by atoms with E-state index in [0.717, 1.165) is 61.4 Å². The number of likely N-dealkylation sites (tertiary alicyclic amines) is 1. The van der Waals surface area contributed by atoms with Gasteiger partial charge in [0, 0.05) is 20.0 Å². The van der Waals surface area contributed by atoms with Crippen LogP contribution in [0.2, 0.25) is 5.02 Å². The highest BCUT2D eigenvalue weighted by Gasteiger charge is 2.31. The van der Waals surface area contributed by atoms with Crippen molar-refractivity contribution in [2.45, 2.75) is 45.2 Å². The summed E-state index contributed by atoms with van der Waals surface area (Å²) in [6.45, 7) is 3.94. The van der Waals surface area contributed by atoms with E-state index in [1.54, 1.807) is 6.92 Å². The Morgan fingerprint density at radius 2 is 1.97 bits per heavy atom. The Morgan fingerprint density at radius 3 is 2.79 bits per heavy atom. The number of amides is 1. The van der Waals surface area contributed by atoms with Crippen LogP contribution in [0.4, 0.5) is 0 Å². The summed E-state index contributed by atoms with van der Waals surface area (Å²) in [5, 5.41) is 0.640. The molecule has 0 radical (unpaired) electrons. The number of ether oxygens (including phenoxy) is 1. The van der Waals surface area contributed by atoms with Crippen molar-refractivity contribution in [3.63, 3.8) is 0 Å². The molecule has 6 heteroatoms. The maximum absolute atomic E-state index is 12.1. The highest BCUT2D eigenvalue weighted by molar-refractivity contribution is 6.32. The number of imidazole rings is 1. The number of fused-ring (bicyclic) bond motifs is 1. The van der Waals surface area contributed by atoms with Crippen molar-refractivity contribution in [3.8, 4) is 5.75 Å². The monoisotopic (exact) mass is 411 g/mol. The number of hydrogen-bond acceptors (Lipinski definition) is 3. The minimum atomic E-state index is 0.0688. The van der Waals surface area contributed by atoms with Gasteiger partial charge in [-0.1, -0.05) is 35.9 Å². The van der Waals surface area contributed by atoms with Gasteiger partial charge in [0.25, 0.3) is 0 Å². The van der Waals surface area contributed by atoms with Crippen LogP contribution in [0.15, 0.2) is 48.5 Å². The number of hydrogen-bond donors (Lipinski definition) is 0. The lowest BCUT2D eigenvalue weighted by molar-refractivity contribution is -0.129. The van der Waals surface area contributed by atoms with Gasteiger partial charge in [-0.05, 0) is 49.9 Å². The molecule has 3 aromatic rings. The molecule has 4 rings (SSSR count). The van der Waals surface area contributed by atoms with Gasteiger partial charge in [-0.3, -0.25) is 4.79 Å². The van der Waals surface area contributed by atoms with E-state index in [-0.39, 0.29) is 11.9 Å². The fraction of sp³-hybridized carbons (Fsp3) is 0.391. The number of nitrogens with zero attached hydrogens (tertiary/aromatic N) is 3. The van der Waals surface area contributed by atoms with Gasteiger partial charge in [-0.25, -0.2) is 4.98 Å². The zero-order valence-electron chi connectivity index (χ0n) is 16.7. The number of carbonyl (C=O) groups excluding carboxylic acids is 1. The van der Waals surface area contributed by atoms with E-state index in [9.17, 15) is 4.79 Å². The molecule has 0 N–H and O–H groups in total. The van der Waals surface area contributed by atoms with E-state index in [0.29, 0.717) is 11.6 Å². The molecule has 2 aromatic carbocycles. The molecule has 1 fully saturated rings. The third kappa shape index (κ3) is 4.25. The highest BCUT2D eigenvalue weighted by Crippen LogP contribution is 2.33. The smallest absolute Gasteiger partial charge is 0.220 e. The molecule has 0 spiro atoms. The molecule has 152 valence electrons. The lowest BCUT2D eigenvalue weighted by atomic mass is 10.2. The SMILES string of the molecule is CC(=O)N1CCCC1c1nc2ccccc2n1CCCCOc1ccccc1Cl. The van der Waals surface area contributed by atoms with Crippen LogP contribution >= 0.6 is 11.6 Å². The van der Waals surface area contributed by atoms with Gasteiger partial charge in [0.05, 0.1) is 28.7 Å². The summed E-state index contributed by atoms with van der Waals surface area (Å²) in [4.78, 5) is 18.9. The first-order valence-electron chi connectivity index (χ1n) is 10.2. The summed E-state index contributed by atoms with van der Waals surface area (Å²) >= 11 is 6.15. The van der Waals surface area contributed by atoms with Gasteiger partial charge in [-0.2, -0.15) is 0 Å². The first-order chi connectivity index (χ1) is 14.1. The predicted molar refractivity (Wildman–Crippen MR) is 115 cm³/mol. The number of unbranched alkanes of at least 4 members (excludes halogenated alkanes) is 1. The quantitative estimate of drug-likeness (QED) is 0.500. The fourth-order valence-corrected chi connectivity index (χ4v) is 4.30. The molecule has 0 aliphatic carbocycles. The number of carbonyl (C=O) groups is 1. The Morgan fingerprint density at radius 1 is 1.17 bits per heavy atom. The molecule has 29 heavy (non-hydrogen) atoms. The van der Waals surface area contributed by atoms with E-state index in [2.05, 4.69) is 10.6 Å². The van der Waals surface area contributed by atoms with Crippen molar-refractivity contribution in [1.82, 2.24) is 14.5 Å². The highest BCUT2D eigenvalue weighted by atomic mass is 35.5. The summed E-state index contributed by atoms with van der Waals surface area (Å²) in [6.07, 6.45) is 3.88. The van der Waals surface area contributed by atoms with Crippen molar-refractivity contribution in [3.05, 3.63) is 59.4 Å². The number of para-hydroxylation sites is 3. The maximum atomic E-state index is 12.1. The largest absolute Gasteiger partial charge is 0.492 e. The Hall–Kier alpha value is -2.53. The third-order valence-corrected chi connectivity index (χ3v) is 5.82. The molecule has 1 aliphatic rings. The van der Waals surface area contributed by atoms with E-state index in [4.69, 9.17) is 21.3 Å². The Kier molecular flexibility index (Phi) is 6.05. The first kappa shape index (κ1) is 19.8. The van der Waals surface area contributed by atoms with Crippen LogP contribution in [0.3, 0.4) is 0 Å². The van der Waals surface area contributed by atoms with Crippen molar-refractivity contribution in [2.24, 2.45) is 0 Å². The molecular formula is C23H26ClN3O2. The van der Waals surface area contributed by atoms with E-state index >= 15 is 0 Å². The van der Waals surface area contributed by atoms with Crippen molar-refractivity contribution >= 4 is 28.5 Å². The molecular weight excluding hydrogens is 386 g/mol. The summed E-state index contributed by atoms with van der Waals surface area (Å²) in [5.74, 6) is 1.86. The zero-order valence-corrected chi connectivity index (χ0v) is 17.4. The topological polar surface area (TPSA) is 47.4 Å². The molecule has 1 saturated heterocycles. The number of aromatic nitrogens is 2. The van der Waals surface area contributed by atoms with Crippen molar-refractivity contribution in [1.29, 1.82) is 0 Å². The van der Waals surface area contributed by atoms with Gasteiger partial charge in [0.1, 0.15) is 11.6 Å².